The van der Waals surface area contributed by atoms with E-state index in [1.165, 1.54) is 13.2 Å². The van der Waals surface area contributed by atoms with Gasteiger partial charge in [-0.1, -0.05) is 19.1 Å². The summed E-state index contributed by atoms with van der Waals surface area (Å²) in [5.41, 5.74) is 0. The van der Waals surface area contributed by atoms with Gasteiger partial charge in [0.15, 0.2) is 11.6 Å². The minimum Gasteiger partial charge on any atom is -0.490 e. The summed E-state index contributed by atoms with van der Waals surface area (Å²) >= 11 is 0. The molecule has 19 heavy (non-hydrogen) atoms. The van der Waals surface area contributed by atoms with Gasteiger partial charge < -0.3 is 14.8 Å². The molecule has 0 saturated heterocycles. The Morgan fingerprint density at radius 1 is 1.42 bits per heavy atom. The minimum absolute atomic E-state index is 0.196. The molecule has 0 aromatic heterocycles. The molecule has 1 rings (SSSR count). The van der Waals surface area contributed by atoms with Crippen LogP contribution < -0.4 is 10.1 Å². The zero-order valence-corrected chi connectivity index (χ0v) is 11.3. The van der Waals surface area contributed by atoms with Gasteiger partial charge in [-0.25, -0.2) is 4.39 Å². The van der Waals surface area contributed by atoms with Crippen LogP contribution in [-0.2, 0) is 9.53 Å². The van der Waals surface area contributed by atoms with E-state index >= 15 is 0 Å². The van der Waals surface area contributed by atoms with Crippen LogP contribution >= 0.6 is 0 Å². The second-order valence-corrected chi connectivity index (χ2v) is 4.10. The van der Waals surface area contributed by atoms with E-state index in [2.05, 4.69) is 5.32 Å². The summed E-state index contributed by atoms with van der Waals surface area (Å²) in [5.74, 6) is -0.536. The lowest BCUT2D eigenvalue weighted by Gasteiger charge is -2.16. The summed E-state index contributed by atoms with van der Waals surface area (Å²) in [5, 5.41) is 3.07. The van der Waals surface area contributed by atoms with Crippen LogP contribution in [0.4, 0.5) is 4.39 Å². The molecule has 0 spiro atoms. The smallest absolute Gasteiger partial charge is 0.322 e. The monoisotopic (exact) mass is 269 g/mol. The molecule has 0 aliphatic rings. The van der Waals surface area contributed by atoms with Crippen LogP contribution in [0, 0.1) is 5.82 Å². The maximum Gasteiger partial charge on any atom is 0.322 e. The molecule has 106 valence electrons. The molecule has 1 unspecified atom stereocenters. The van der Waals surface area contributed by atoms with Crippen molar-refractivity contribution >= 4 is 5.97 Å². The van der Waals surface area contributed by atoms with Gasteiger partial charge >= 0.3 is 5.97 Å². The lowest BCUT2D eigenvalue weighted by atomic mass is 10.2. The number of rotatable bonds is 8. The molecule has 0 bridgehead atoms. The van der Waals surface area contributed by atoms with Crippen LogP contribution in [0.5, 0.6) is 5.75 Å². The van der Waals surface area contributed by atoms with Crippen LogP contribution in [0.1, 0.15) is 19.8 Å². The van der Waals surface area contributed by atoms with Crippen molar-refractivity contribution in [3.8, 4) is 5.75 Å². The molecule has 1 aromatic carbocycles. The van der Waals surface area contributed by atoms with Crippen LogP contribution in [-0.4, -0.2) is 32.3 Å². The molecule has 0 aliphatic carbocycles. The molecule has 1 atom stereocenters. The summed E-state index contributed by atoms with van der Waals surface area (Å²) < 4.78 is 23.3. The Labute approximate surface area is 112 Å². The Bertz CT molecular complexity index is 398. The fraction of sp³-hybridized carbons (Fsp3) is 0.500. The number of carbonyl (C=O) groups is 1. The zero-order valence-electron chi connectivity index (χ0n) is 11.3. The Kier molecular flexibility index (Phi) is 6.89. The molecule has 0 amide bonds. The fourth-order valence-electron chi connectivity index (χ4n) is 1.61. The molecule has 0 radical (unpaired) electrons. The van der Waals surface area contributed by atoms with E-state index in [-0.39, 0.29) is 18.3 Å². The molecular weight excluding hydrogens is 249 g/mol. The molecule has 0 fully saturated rings. The largest absolute Gasteiger partial charge is 0.490 e. The molecule has 1 N–H and O–H groups in total. The van der Waals surface area contributed by atoms with Crippen molar-refractivity contribution < 1.29 is 18.7 Å². The topological polar surface area (TPSA) is 47.6 Å². The average Bonchev–Trinajstić information content (AvgIpc) is 2.43. The first-order valence-corrected chi connectivity index (χ1v) is 6.37. The first-order chi connectivity index (χ1) is 9.19. The van der Waals surface area contributed by atoms with Crippen LogP contribution in [0.3, 0.4) is 0 Å². The number of nitrogens with one attached hydrogen (secondary N) is 1. The van der Waals surface area contributed by atoms with Crippen molar-refractivity contribution in [3.63, 3.8) is 0 Å². The second kappa shape index (κ2) is 8.48. The summed E-state index contributed by atoms with van der Waals surface area (Å²) in [6, 6.07) is 5.77. The van der Waals surface area contributed by atoms with Gasteiger partial charge in [0.25, 0.3) is 0 Å². The first-order valence-electron chi connectivity index (χ1n) is 6.37. The number of para-hydroxylation sites is 1. The van der Waals surface area contributed by atoms with E-state index in [9.17, 15) is 9.18 Å². The van der Waals surface area contributed by atoms with Gasteiger partial charge in [-0.05, 0) is 25.1 Å². The number of esters is 1. The van der Waals surface area contributed by atoms with E-state index in [0.29, 0.717) is 6.42 Å². The Morgan fingerprint density at radius 3 is 2.79 bits per heavy atom. The molecule has 0 saturated carbocycles. The van der Waals surface area contributed by atoms with Gasteiger partial charge in [-0.3, -0.25) is 4.79 Å². The van der Waals surface area contributed by atoms with Crippen molar-refractivity contribution in [1.82, 2.24) is 5.32 Å². The highest BCUT2D eigenvalue weighted by Gasteiger charge is 2.18. The molecule has 4 nitrogen and oxygen atoms in total. The van der Waals surface area contributed by atoms with Crippen LogP contribution in [0.2, 0.25) is 0 Å². The van der Waals surface area contributed by atoms with E-state index < -0.39 is 11.9 Å². The fourth-order valence-corrected chi connectivity index (χ4v) is 1.61. The van der Waals surface area contributed by atoms with Gasteiger partial charge in [0.1, 0.15) is 6.04 Å². The van der Waals surface area contributed by atoms with Gasteiger partial charge in [-0.15, -0.1) is 0 Å². The highest BCUT2D eigenvalue weighted by molar-refractivity contribution is 5.75. The minimum atomic E-state index is -0.420. The highest BCUT2D eigenvalue weighted by atomic mass is 19.1. The number of hydrogen-bond donors (Lipinski definition) is 1. The Hall–Kier alpha value is -1.62. The number of methoxy groups -OCH3 is 1. The predicted octanol–water partition coefficient (Wildman–Crippen LogP) is 2.14. The molecule has 1 aromatic rings. The van der Waals surface area contributed by atoms with Crippen molar-refractivity contribution in [2.45, 2.75) is 25.8 Å². The SMILES string of the molecule is CCCNC(CCOc1ccccc1F)C(=O)OC. The first kappa shape index (κ1) is 15.4. The number of hydrogen-bond acceptors (Lipinski definition) is 4. The molecule has 5 heteroatoms. The van der Waals surface area contributed by atoms with Crippen molar-refractivity contribution in [2.75, 3.05) is 20.3 Å². The zero-order chi connectivity index (χ0) is 14.1. The third kappa shape index (κ3) is 5.26. The van der Waals surface area contributed by atoms with Crippen LogP contribution in [0.15, 0.2) is 24.3 Å². The highest BCUT2D eigenvalue weighted by Crippen LogP contribution is 2.15. The van der Waals surface area contributed by atoms with Gasteiger partial charge in [0.2, 0.25) is 0 Å². The van der Waals surface area contributed by atoms with Gasteiger partial charge in [-0.2, -0.15) is 0 Å². The van der Waals surface area contributed by atoms with E-state index in [1.54, 1.807) is 18.2 Å². The number of halogens is 1. The van der Waals surface area contributed by atoms with E-state index in [4.69, 9.17) is 9.47 Å². The van der Waals surface area contributed by atoms with Crippen molar-refractivity contribution in [3.05, 3.63) is 30.1 Å². The predicted molar refractivity (Wildman–Crippen MR) is 70.6 cm³/mol. The number of carbonyl (C=O) groups excluding carboxylic acids is 1. The quantitative estimate of drug-likeness (QED) is 0.734. The summed E-state index contributed by atoms with van der Waals surface area (Å²) in [4.78, 5) is 11.5. The van der Waals surface area contributed by atoms with E-state index in [0.717, 1.165) is 13.0 Å². The normalized spacial score (nSPS) is 11.9. The summed E-state index contributed by atoms with van der Waals surface area (Å²) in [6.45, 7) is 2.98. The van der Waals surface area contributed by atoms with Gasteiger partial charge in [0.05, 0.1) is 13.7 Å². The number of benzene rings is 1. The lowest BCUT2D eigenvalue weighted by Crippen LogP contribution is -2.39. The average molecular weight is 269 g/mol. The molecule has 0 aliphatic heterocycles. The maximum absolute atomic E-state index is 13.3. The number of ether oxygens (including phenoxy) is 2. The van der Waals surface area contributed by atoms with Crippen molar-refractivity contribution in [2.24, 2.45) is 0 Å². The summed E-state index contributed by atoms with van der Waals surface area (Å²) in [6.07, 6.45) is 1.35. The Balaban J connectivity index is 2.43. The van der Waals surface area contributed by atoms with Gasteiger partial charge in [0, 0.05) is 6.42 Å². The molecular formula is C14H20FNO3. The summed E-state index contributed by atoms with van der Waals surface area (Å²) in [7, 11) is 1.35. The third-order valence-corrected chi connectivity index (χ3v) is 2.63. The van der Waals surface area contributed by atoms with Crippen molar-refractivity contribution in [1.29, 1.82) is 0 Å². The Morgan fingerprint density at radius 2 is 2.16 bits per heavy atom. The maximum atomic E-state index is 13.3. The lowest BCUT2D eigenvalue weighted by molar-refractivity contribution is -0.143. The standard InChI is InChI=1S/C14H20FNO3/c1-3-9-16-12(14(17)18-2)8-10-19-13-7-5-4-6-11(13)15/h4-7,12,16H,3,8-10H2,1-2H3. The van der Waals surface area contributed by atoms with E-state index in [1.807, 2.05) is 6.92 Å². The van der Waals surface area contributed by atoms with Crippen LogP contribution in [0.25, 0.3) is 0 Å². The second-order valence-electron chi connectivity index (χ2n) is 4.10. The molecule has 0 heterocycles. The third-order valence-electron chi connectivity index (χ3n) is 2.63.